The smallest absolute Gasteiger partial charge is 0.229 e. The molecule has 0 fully saturated rings. The van der Waals surface area contributed by atoms with Crippen molar-refractivity contribution in [2.45, 2.75) is 39.8 Å². The summed E-state index contributed by atoms with van der Waals surface area (Å²) in [4.78, 5) is 23.6. The molecule has 3 heterocycles. The van der Waals surface area contributed by atoms with Crippen molar-refractivity contribution in [3.8, 4) is 0 Å². The van der Waals surface area contributed by atoms with Crippen molar-refractivity contribution >= 4 is 16.8 Å². The Morgan fingerprint density at radius 2 is 2.12 bits per heavy atom. The van der Waals surface area contributed by atoms with Crippen molar-refractivity contribution in [1.29, 1.82) is 0 Å². The van der Waals surface area contributed by atoms with E-state index in [1.165, 1.54) is 0 Å². The number of H-pyrrole nitrogens is 1. The molecule has 0 saturated carbocycles. The molecule has 6 nitrogen and oxygen atoms in total. The molecule has 6 heteroatoms. The molecular formula is C19H21N5O. The van der Waals surface area contributed by atoms with Crippen LogP contribution in [0.3, 0.4) is 0 Å². The van der Waals surface area contributed by atoms with Crippen molar-refractivity contribution < 1.29 is 4.79 Å². The predicted molar refractivity (Wildman–Crippen MR) is 94.6 cm³/mol. The van der Waals surface area contributed by atoms with Crippen molar-refractivity contribution in [2.24, 2.45) is 5.92 Å². The molecule has 1 aromatic carbocycles. The second-order valence-electron chi connectivity index (χ2n) is 7.00. The highest BCUT2D eigenvalue weighted by Crippen LogP contribution is 2.23. The van der Waals surface area contributed by atoms with Gasteiger partial charge in [-0.2, -0.15) is 5.10 Å². The fraction of sp³-hybridized carbons (Fsp3) is 0.368. The second-order valence-corrected chi connectivity index (χ2v) is 7.00. The van der Waals surface area contributed by atoms with Gasteiger partial charge in [-0.25, -0.2) is 9.97 Å². The second kappa shape index (κ2) is 6.27. The van der Waals surface area contributed by atoms with E-state index in [1.54, 1.807) is 0 Å². The van der Waals surface area contributed by atoms with Gasteiger partial charge in [0.15, 0.2) is 0 Å². The summed E-state index contributed by atoms with van der Waals surface area (Å²) < 4.78 is 0. The summed E-state index contributed by atoms with van der Waals surface area (Å²) in [6.07, 6.45) is 3.06. The summed E-state index contributed by atoms with van der Waals surface area (Å²) >= 11 is 0. The van der Waals surface area contributed by atoms with Crippen molar-refractivity contribution in [2.75, 3.05) is 0 Å². The predicted octanol–water partition coefficient (Wildman–Crippen LogP) is 2.64. The molecule has 128 valence electrons. The van der Waals surface area contributed by atoms with E-state index in [0.29, 0.717) is 25.4 Å². The molecule has 1 amide bonds. The van der Waals surface area contributed by atoms with Crippen LogP contribution >= 0.6 is 0 Å². The van der Waals surface area contributed by atoms with Crippen LogP contribution in [-0.4, -0.2) is 31.0 Å². The lowest BCUT2D eigenvalue weighted by atomic mass is 10.1. The topological polar surface area (TPSA) is 74.8 Å². The van der Waals surface area contributed by atoms with E-state index in [-0.39, 0.29) is 5.91 Å². The number of aromatic amines is 1. The first kappa shape index (κ1) is 15.7. The lowest BCUT2D eigenvalue weighted by Gasteiger charge is -2.14. The van der Waals surface area contributed by atoms with E-state index in [1.807, 2.05) is 35.4 Å². The zero-order valence-electron chi connectivity index (χ0n) is 14.5. The van der Waals surface area contributed by atoms with Crippen LogP contribution in [0, 0.1) is 5.92 Å². The van der Waals surface area contributed by atoms with Crippen LogP contribution in [0.1, 0.15) is 36.6 Å². The van der Waals surface area contributed by atoms with Gasteiger partial charge in [-0.05, 0) is 12.0 Å². The normalized spacial score (nSPS) is 13.6. The Balaban J connectivity index is 1.48. The van der Waals surface area contributed by atoms with Gasteiger partial charge in [-0.1, -0.05) is 32.0 Å². The fourth-order valence-corrected chi connectivity index (χ4v) is 3.25. The first-order chi connectivity index (χ1) is 12.1. The van der Waals surface area contributed by atoms with E-state index < -0.39 is 0 Å². The molecule has 1 aliphatic rings. The van der Waals surface area contributed by atoms with Crippen LogP contribution < -0.4 is 0 Å². The van der Waals surface area contributed by atoms with Gasteiger partial charge in [-0.3, -0.25) is 9.89 Å². The minimum Gasteiger partial charge on any atom is -0.332 e. The number of para-hydroxylation sites is 1. The fourth-order valence-electron chi connectivity index (χ4n) is 3.25. The highest BCUT2D eigenvalue weighted by Gasteiger charge is 2.26. The quantitative estimate of drug-likeness (QED) is 0.795. The summed E-state index contributed by atoms with van der Waals surface area (Å²) in [5.41, 5.74) is 3.78. The average molecular weight is 335 g/mol. The average Bonchev–Trinajstić information content (AvgIpc) is 3.18. The SMILES string of the molecule is CC(C)Cc1ncc2c(n1)CN(C(=O)Cc1[nH]nc3ccccc13)C2. The Morgan fingerprint density at radius 3 is 2.96 bits per heavy atom. The lowest BCUT2D eigenvalue weighted by molar-refractivity contribution is -0.131. The summed E-state index contributed by atoms with van der Waals surface area (Å²) in [7, 11) is 0. The highest BCUT2D eigenvalue weighted by molar-refractivity contribution is 5.87. The zero-order chi connectivity index (χ0) is 17.4. The Bertz CT molecular complexity index is 930. The first-order valence-corrected chi connectivity index (χ1v) is 8.63. The van der Waals surface area contributed by atoms with Gasteiger partial charge < -0.3 is 4.90 Å². The van der Waals surface area contributed by atoms with E-state index >= 15 is 0 Å². The third-order valence-corrected chi connectivity index (χ3v) is 4.52. The Hall–Kier alpha value is -2.76. The number of nitrogens with one attached hydrogen (secondary N) is 1. The number of benzene rings is 1. The van der Waals surface area contributed by atoms with Crippen LogP contribution in [0.15, 0.2) is 30.5 Å². The third kappa shape index (κ3) is 3.12. The van der Waals surface area contributed by atoms with Gasteiger partial charge in [0.05, 0.1) is 29.9 Å². The minimum absolute atomic E-state index is 0.0813. The van der Waals surface area contributed by atoms with Gasteiger partial charge >= 0.3 is 0 Å². The molecule has 4 rings (SSSR count). The van der Waals surface area contributed by atoms with E-state index in [9.17, 15) is 4.79 Å². The number of rotatable bonds is 4. The Morgan fingerprint density at radius 1 is 1.28 bits per heavy atom. The zero-order valence-corrected chi connectivity index (χ0v) is 14.5. The van der Waals surface area contributed by atoms with Gasteiger partial charge in [0.25, 0.3) is 0 Å². The van der Waals surface area contributed by atoms with Crippen LogP contribution in [0.5, 0.6) is 0 Å². The summed E-state index contributed by atoms with van der Waals surface area (Å²) in [6.45, 7) is 5.46. The monoisotopic (exact) mass is 335 g/mol. The molecule has 1 N–H and O–H groups in total. The van der Waals surface area contributed by atoms with Gasteiger partial charge in [-0.15, -0.1) is 0 Å². The van der Waals surface area contributed by atoms with Gasteiger partial charge in [0.2, 0.25) is 5.91 Å². The summed E-state index contributed by atoms with van der Waals surface area (Å²) in [5.74, 6) is 1.46. The molecular weight excluding hydrogens is 314 g/mol. The number of hydrogen-bond donors (Lipinski definition) is 1. The van der Waals surface area contributed by atoms with E-state index in [2.05, 4.69) is 34.0 Å². The number of carbonyl (C=O) groups is 1. The Kier molecular flexibility index (Phi) is 3.95. The largest absolute Gasteiger partial charge is 0.332 e. The maximum atomic E-state index is 12.7. The van der Waals surface area contributed by atoms with Crippen LogP contribution in [-0.2, 0) is 30.7 Å². The lowest BCUT2D eigenvalue weighted by Crippen LogP contribution is -2.27. The molecule has 0 spiro atoms. The van der Waals surface area contributed by atoms with Gasteiger partial charge in [0.1, 0.15) is 5.82 Å². The molecule has 0 bridgehead atoms. The van der Waals surface area contributed by atoms with E-state index in [4.69, 9.17) is 0 Å². The van der Waals surface area contributed by atoms with Crippen LogP contribution in [0.4, 0.5) is 0 Å². The van der Waals surface area contributed by atoms with Crippen molar-refractivity contribution in [3.63, 3.8) is 0 Å². The molecule has 2 aromatic heterocycles. The summed E-state index contributed by atoms with van der Waals surface area (Å²) in [5, 5.41) is 8.26. The van der Waals surface area contributed by atoms with Crippen LogP contribution in [0.25, 0.3) is 10.9 Å². The minimum atomic E-state index is 0.0813. The molecule has 0 aliphatic carbocycles. The maximum Gasteiger partial charge on any atom is 0.229 e. The van der Waals surface area contributed by atoms with Crippen molar-refractivity contribution in [1.82, 2.24) is 25.1 Å². The molecule has 0 saturated heterocycles. The number of aromatic nitrogens is 4. The number of fused-ring (bicyclic) bond motifs is 2. The maximum absolute atomic E-state index is 12.7. The molecule has 0 radical (unpaired) electrons. The molecule has 0 unspecified atom stereocenters. The summed E-state index contributed by atoms with van der Waals surface area (Å²) in [6, 6.07) is 7.84. The van der Waals surface area contributed by atoms with Crippen molar-refractivity contribution in [3.05, 3.63) is 53.2 Å². The van der Waals surface area contributed by atoms with Crippen LogP contribution in [0.2, 0.25) is 0 Å². The van der Waals surface area contributed by atoms with Gasteiger partial charge in [0, 0.05) is 30.1 Å². The third-order valence-electron chi connectivity index (χ3n) is 4.52. The standard InChI is InChI=1S/C19H21N5O/c1-12(2)7-18-20-9-13-10-24(11-17(13)21-18)19(25)8-16-14-5-3-4-6-15(14)22-23-16/h3-6,9,12H,7-8,10-11H2,1-2H3,(H,22,23). The number of hydrogen-bond acceptors (Lipinski definition) is 4. The number of carbonyl (C=O) groups excluding carboxylic acids is 1. The van der Waals surface area contributed by atoms with E-state index in [0.717, 1.165) is 40.1 Å². The molecule has 1 aliphatic heterocycles. The number of nitrogens with zero attached hydrogens (tertiary/aromatic N) is 4. The Labute approximate surface area is 146 Å². The molecule has 0 atom stereocenters. The first-order valence-electron chi connectivity index (χ1n) is 8.63. The number of amides is 1. The molecule has 3 aromatic rings. The molecule has 25 heavy (non-hydrogen) atoms. The highest BCUT2D eigenvalue weighted by atomic mass is 16.2.